The number of amides is 1. The average molecular weight is 256 g/mol. The van der Waals surface area contributed by atoms with Gasteiger partial charge in [-0.15, -0.1) is 0 Å². The van der Waals surface area contributed by atoms with Crippen molar-refractivity contribution in [3.05, 3.63) is 0 Å². The zero-order chi connectivity index (χ0) is 13.0. The zero-order valence-corrected chi connectivity index (χ0v) is 10.5. The van der Waals surface area contributed by atoms with E-state index in [1.165, 1.54) is 4.90 Å². The largest absolute Gasteiger partial charge is 0.550 e. The Hall–Kier alpha value is -1.14. The van der Waals surface area contributed by atoms with Gasteiger partial charge in [0.05, 0.1) is 26.3 Å². The summed E-state index contributed by atoms with van der Waals surface area (Å²) in [5.41, 5.74) is 0. The molecule has 0 bridgehead atoms. The van der Waals surface area contributed by atoms with Crippen LogP contribution >= 0.6 is 0 Å². The third kappa shape index (κ3) is 3.43. The summed E-state index contributed by atoms with van der Waals surface area (Å²) in [7, 11) is 0. The van der Waals surface area contributed by atoms with Crippen LogP contribution in [0.15, 0.2) is 0 Å². The summed E-state index contributed by atoms with van der Waals surface area (Å²) in [4.78, 5) is 25.7. The molecule has 6 nitrogen and oxygen atoms in total. The second-order valence-corrected chi connectivity index (χ2v) is 5.01. The lowest BCUT2D eigenvalue weighted by atomic mass is 9.97. The summed E-state index contributed by atoms with van der Waals surface area (Å²) in [5.74, 6) is -1.12. The van der Waals surface area contributed by atoms with Crippen molar-refractivity contribution in [3.8, 4) is 0 Å². The van der Waals surface area contributed by atoms with E-state index in [0.717, 1.165) is 13.1 Å². The van der Waals surface area contributed by atoms with Crippen LogP contribution in [0.1, 0.15) is 12.8 Å². The van der Waals surface area contributed by atoms with Gasteiger partial charge < -0.3 is 24.4 Å². The van der Waals surface area contributed by atoms with Crippen molar-refractivity contribution in [3.63, 3.8) is 0 Å². The van der Waals surface area contributed by atoms with Gasteiger partial charge in [0.2, 0.25) is 0 Å². The number of morpholine rings is 1. The molecule has 0 spiro atoms. The number of nitrogens with zero attached hydrogens (tertiary/aromatic N) is 1. The summed E-state index contributed by atoms with van der Waals surface area (Å²) >= 11 is 0. The molecule has 0 aliphatic carbocycles. The van der Waals surface area contributed by atoms with Crippen molar-refractivity contribution in [2.45, 2.75) is 12.8 Å². The second kappa shape index (κ2) is 6.15. The fourth-order valence-corrected chi connectivity index (χ4v) is 2.58. The van der Waals surface area contributed by atoms with Crippen molar-refractivity contribution in [2.75, 3.05) is 45.9 Å². The monoisotopic (exact) mass is 256 g/mol. The lowest BCUT2D eigenvalue weighted by molar-refractivity contribution is -0.898. The molecule has 0 aromatic heterocycles. The number of nitrogens with one attached hydrogen (secondary N) is 1. The van der Waals surface area contributed by atoms with E-state index in [0.29, 0.717) is 45.7 Å². The first-order valence-electron chi connectivity index (χ1n) is 6.57. The molecule has 2 aliphatic heterocycles. The molecule has 2 rings (SSSR count). The van der Waals surface area contributed by atoms with Crippen molar-refractivity contribution in [1.29, 1.82) is 0 Å². The van der Waals surface area contributed by atoms with Crippen LogP contribution in [0.25, 0.3) is 0 Å². The molecule has 102 valence electrons. The number of rotatable bonds is 3. The summed E-state index contributed by atoms with van der Waals surface area (Å²) in [6.07, 6.45) is 1.24. The standard InChI is InChI=1S/C12H20N2O4/c15-11(14-5-7-18-8-6-14)9-13-3-1-10(2-4-13)12(16)17/h10H,1-9H2,(H,16,17). The second-order valence-electron chi connectivity index (χ2n) is 5.01. The maximum absolute atomic E-state index is 12.0. The number of likely N-dealkylation sites (tertiary alicyclic amines) is 1. The normalized spacial score (nSPS) is 29.0. The van der Waals surface area contributed by atoms with E-state index >= 15 is 0 Å². The Morgan fingerprint density at radius 3 is 2.39 bits per heavy atom. The fraction of sp³-hybridized carbons (Fsp3) is 0.833. The van der Waals surface area contributed by atoms with E-state index in [1.54, 1.807) is 0 Å². The fourth-order valence-electron chi connectivity index (χ4n) is 2.58. The van der Waals surface area contributed by atoms with Gasteiger partial charge in [0.25, 0.3) is 5.91 Å². The predicted molar refractivity (Wildman–Crippen MR) is 60.7 cm³/mol. The van der Waals surface area contributed by atoms with Crippen LogP contribution in [0.2, 0.25) is 0 Å². The van der Waals surface area contributed by atoms with Crippen molar-refractivity contribution in [1.82, 2.24) is 4.90 Å². The molecule has 2 heterocycles. The minimum atomic E-state index is -0.950. The highest BCUT2D eigenvalue weighted by atomic mass is 16.5. The van der Waals surface area contributed by atoms with Crippen LogP contribution in [0.5, 0.6) is 0 Å². The average Bonchev–Trinajstić information content (AvgIpc) is 2.40. The van der Waals surface area contributed by atoms with Crippen LogP contribution < -0.4 is 10.0 Å². The van der Waals surface area contributed by atoms with Gasteiger partial charge in [-0.25, -0.2) is 0 Å². The molecule has 2 saturated heterocycles. The Balaban J connectivity index is 1.73. The quantitative estimate of drug-likeness (QED) is 0.580. The maximum Gasteiger partial charge on any atom is 0.277 e. The summed E-state index contributed by atoms with van der Waals surface area (Å²) in [6, 6.07) is 0. The Morgan fingerprint density at radius 2 is 1.83 bits per heavy atom. The molecule has 6 heteroatoms. The van der Waals surface area contributed by atoms with E-state index in [9.17, 15) is 14.7 Å². The van der Waals surface area contributed by atoms with Gasteiger partial charge in [0.15, 0.2) is 6.54 Å². The number of quaternary nitrogens is 1. The van der Waals surface area contributed by atoms with Crippen molar-refractivity contribution >= 4 is 11.9 Å². The molecule has 18 heavy (non-hydrogen) atoms. The maximum atomic E-state index is 12.0. The first kappa shape index (κ1) is 13.3. The zero-order valence-electron chi connectivity index (χ0n) is 10.5. The number of piperidine rings is 1. The molecule has 2 fully saturated rings. The first-order valence-corrected chi connectivity index (χ1v) is 6.57. The summed E-state index contributed by atoms with van der Waals surface area (Å²) in [6.45, 7) is 4.55. The molecule has 0 atom stereocenters. The Bertz CT molecular complexity index is 307. The number of hydrogen-bond donors (Lipinski definition) is 1. The van der Waals surface area contributed by atoms with Crippen molar-refractivity contribution in [2.24, 2.45) is 5.92 Å². The van der Waals surface area contributed by atoms with Gasteiger partial charge in [-0.05, 0) is 0 Å². The number of aliphatic carboxylic acids is 1. The number of carbonyl (C=O) groups is 2. The lowest BCUT2D eigenvalue weighted by Crippen LogP contribution is -3.14. The molecule has 2 aliphatic rings. The molecule has 0 saturated carbocycles. The predicted octanol–water partition coefficient (Wildman–Crippen LogP) is -3.11. The van der Waals surface area contributed by atoms with Crippen LogP contribution in [0, 0.1) is 5.92 Å². The van der Waals surface area contributed by atoms with Gasteiger partial charge in [0.1, 0.15) is 0 Å². The highest BCUT2D eigenvalue weighted by Gasteiger charge is 2.26. The van der Waals surface area contributed by atoms with Crippen molar-refractivity contribution < 1.29 is 24.3 Å². The van der Waals surface area contributed by atoms with E-state index < -0.39 is 5.97 Å². The summed E-state index contributed by atoms with van der Waals surface area (Å²) < 4.78 is 5.21. The van der Waals surface area contributed by atoms with E-state index in [1.807, 2.05) is 4.90 Å². The van der Waals surface area contributed by atoms with Gasteiger partial charge in [-0.1, -0.05) is 0 Å². The Labute approximate surface area is 106 Å². The smallest absolute Gasteiger partial charge is 0.277 e. The van der Waals surface area contributed by atoms with E-state index in [4.69, 9.17) is 4.74 Å². The van der Waals surface area contributed by atoms with Crippen LogP contribution in [0.3, 0.4) is 0 Å². The molecule has 0 radical (unpaired) electrons. The first-order chi connectivity index (χ1) is 8.66. The van der Waals surface area contributed by atoms with Crippen LogP contribution in [-0.4, -0.2) is 62.7 Å². The SMILES string of the molecule is O=C([O-])C1CC[NH+](CC(=O)N2CCOCC2)CC1. The van der Waals surface area contributed by atoms with Gasteiger partial charge in [-0.2, -0.15) is 0 Å². The number of carboxylic acid groups (broad SMARTS) is 1. The third-order valence-electron chi connectivity index (χ3n) is 3.79. The summed E-state index contributed by atoms with van der Waals surface area (Å²) in [5, 5.41) is 10.7. The molecule has 0 aromatic rings. The Morgan fingerprint density at radius 1 is 1.22 bits per heavy atom. The Kier molecular flexibility index (Phi) is 4.54. The minimum Gasteiger partial charge on any atom is -0.550 e. The minimum absolute atomic E-state index is 0.153. The molecular weight excluding hydrogens is 236 g/mol. The highest BCUT2D eigenvalue weighted by Crippen LogP contribution is 2.07. The van der Waals surface area contributed by atoms with Gasteiger partial charge >= 0.3 is 0 Å². The third-order valence-corrected chi connectivity index (χ3v) is 3.79. The molecule has 0 aromatic carbocycles. The lowest BCUT2D eigenvalue weighted by Gasteiger charge is -2.32. The topological polar surface area (TPSA) is 74.1 Å². The van der Waals surface area contributed by atoms with E-state index in [-0.39, 0.29) is 11.8 Å². The molecule has 1 amide bonds. The highest BCUT2D eigenvalue weighted by molar-refractivity contribution is 5.77. The number of carbonyl (C=O) groups excluding carboxylic acids is 2. The number of hydrogen-bond acceptors (Lipinski definition) is 4. The van der Waals surface area contributed by atoms with Gasteiger partial charge in [-0.3, -0.25) is 4.79 Å². The number of ether oxygens (including phenoxy) is 1. The number of carboxylic acids is 1. The van der Waals surface area contributed by atoms with Crippen LogP contribution in [0.4, 0.5) is 0 Å². The van der Waals surface area contributed by atoms with Gasteiger partial charge in [0, 0.05) is 37.8 Å². The van der Waals surface area contributed by atoms with Crippen LogP contribution in [-0.2, 0) is 14.3 Å². The molecule has 0 unspecified atom stereocenters. The molecule has 1 N–H and O–H groups in total. The molecular formula is C12H20N2O4. The van der Waals surface area contributed by atoms with E-state index in [2.05, 4.69) is 0 Å².